The highest BCUT2D eigenvalue weighted by atomic mass is 79.9. The summed E-state index contributed by atoms with van der Waals surface area (Å²) in [5.74, 6) is -0.351. The number of nitro benzene ring substituents is 1. The lowest BCUT2D eigenvalue weighted by molar-refractivity contribution is -0.384. The summed E-state index contributed by atoms with van der Waals surface area (Å²) in [6.07, 6.45) is 1.97. The molecule has 1 aliphatic carbocycles. The van der Waals surface area contributed by atoms with Gasteiger partial charge in [0.1, 0.15) is 5.41 Å². The van der Waals surface area contributed by atoms with Crippen molar-refractivity contribution in [3.05, 3.63) is 32.8 Å². The van der Waals surface area contributed by atoms with E-state index in [1.807, 2.05) is 6.07 Å². The van der Waals surface area contributed by atoms with E-state index in [1.165, 1.54) is 18.2 Å². The van der Waals surface area contributed by atoms with Crippen molar-refractivity contribution < 1.29 is 9.72 Å². The van der Waals surface area contributed by atoms with Crippen LogP contribution in [0.5, 0.6) is 0 Å². The first-order valence-electron chi connectivity index (χ1n) is 5.65. The Hall–Kier alpha value is -1.94. The first-order chi connectivity index (χ1) is 8.98. The third-order valence-corrected chi connectivity index (χ3v) is 3.92. The average Bonchev–Trinajstić information content (AvgIpc) is 2.30. The minimum Gasteiger partial charge on any atom is -0.324 e. The second-order valence-corrected chi connectivity index (χ2v) is 5.28. The van der Waals surface area contributed by atoms with Gasteiger partial charge in [0.05, 0.1) is 16.7 Å². The molecule has 1 aliphatic rings. The van der Waals surface area contributed by atoms with Crippen molar-refractivity contribution >= 4 is 33.2 Å². The van der Waals surface area contributed by atoms with E-state index in [2.05, 4.69) is 21.2 Å². The second kappa shape index (κ2) is 4.97. The number of hydrogen-bond acceptors (Lipinski definition) is 4. The molecule has 0 heterocycles. The number of halogens is 1. The van der Waals surface area contributed by atoms with Crippen LogP contribution in [0.1, 0.15) is 19.3 Å². The first kappa shape index (κ1) is 13.5. The second-order valence-electron chi connectivity index (χ2n) is 4.42. The predicted octanol–water partition coefficient (Wildman–Crippen LogP) is 2.99. The van der Waals surface area contributed by atoms with E-state index in [1.54, 1.807) is 0 Å². The molecule has 0 unspecified atom stereocenters. The molecule has 1 aromatic rings. The maximum atomic E-state index is 12.0. The normalized spacial score (nSPS) is 16.0. The minimum atomic E-state index is -0.943. The summed E-state index contributed by atoms with van der Waals surface area (Å²) in [4.78, 5) is 22.1. The quantitative estimate of drug-likeness (QED) is 0.683. The minimum absolute atomic E-state index is 0.0662. The van der Waals surface area contributed by atoms with Gasteiger partial charge in [0.25, 0.3) is 5.69 Å². The van der Waals surface area contributed by atoms with E-state index in [4.69, 9.17) is 5.26 Å². The molecule has 98 valence electrons. The Bertz CT molecular complexity index is 590. The topological polar surface area (TPSA) is 96.0 Å². The van der Waals surface area contributed by atoms with Crippen LogP contribution < -0.4 is 5.32 Å². The van der Waals surface area contributed by atoms with Crippen molar-refractivity contribution in [2.24, 2.45) is 5.41 Å². The molecule has 1 amide bonds. The third-order valence-electron chi connectivity index (χ3n) is 3.27. The molecule has 19 heavy (non-hydrogen) atoms. The molecule has 1 saturated carbocycles. The lowest BCUT2D eigenvalue weighted by atomic mass is 9.69. The fraction of sp³-hybridized carbons (Fsp3) is 0.333. The van der Waals surface area contributed by atoms with E-state index < -0.39 is 10.3 Å². The molecule has 1 N–H and O–H groups in total. The van der Waals surface area contributed by atoms with Crippen molar-refractivity contribution in [1.82, 2.24) is 0 Å². The molecule has 0 aromatic heterocycles. The molecule has 0 spiro atoms. The molecular formula is C12H10BrN3O3. The summed E-state index contributed by atoms with van der Waals surface area (Å²) < 4.78 is 0.419. The Morgan fingerprint density at radius 1 is 1.53 bits per heavy atom. The lowest BCUT2D eigenvalue weighted by Gasteiger charge is -2.33. The van der Waals surface area contributed by atoms with Gasteiger partial charge in [0.15, 0.2) is 0 Å². The number of nitriles is 1. The van der Waals surface area contributed by atoms with Gasteiger partial charge in [-0.1, -0.05) is 0 Å². The largest absolute Gasteiger partial charge is 0.324 e. The first-order valence-corrected chi connectivity index (χ1v) is 6.44. The number of amides is 1. The predicted molar refractivity (Wildman–Crippen MR) is 71.3 cm³/mol. The number of carbonyl (C=O) groups is 1. The SMILES string of the molecule is N#CC1(C(=O)Nc2ccc([N+](=O)[O-])cc2Br)CCC1. The molecule has 1 aromatic carbocycles. The summed E-state index contributed by atoms with van der Waals surface area (Å²) in [7, 11) is 0. The Balaban J connectivity index is 2.18. The maximum absolute atomic E-state index is 12.0. The number of nitrogens with one attached hydrogen (secondary N) is 1. The molecule has 2 rings (SSSR count). The van der Waals surface area contributed by atoms with Crippen LogP contribution in [-0.4, -0.2) is 10.8 Å². The standard InChI is InChI=1S/C12H10BrN3O3/c13-9-6-8(16(18)19)2-3-10(9)15-11(17)12(7-14)4-1-5-12/h2-3,6H,1,4-5H2,(H,15,17). The number of nitrogens with zero attached hydrogens (tertiary/aromatic N) is 2. The molecule has 7 heteroatoms. The zero-order valence-electron chi connectivity index (χ0n) is 9.85. The van der Waals surface area contributed by atoms with Gasteiger partial charge in [-0.15, -0.1) is 0 Å². The van der Waals surface area contributed by atoms with Gasteiger partial charge < -0.3 is 5.32 Å². The summed E-state index contributed by atoms with van der Waals surface area (Å²) in [5.41, 5.74) is -0.582. The van der Waals surface area contributed by atoms with Gasteiger partial charge >= 0.3 is 0 Å². The van der Waals surface area contributed by atoms with Gasteiger partial charge in [0.2, 0.25) is 5.91 Å². The fourth-order valence-corrected chi connectivity index (χ4v) is 2.35. The zero-order valence-corrected chi connectivity index (χ0v) is 11.4. The van der Waals surface area contributed by atoms with E-state index in [9.17, 15) is 14.9 Å². The molecular weight excluding hydrogens is 314 g/mol. The van der Waals surface area contributed by atoms with Crippen LogP contribution >= 0.6 is 15.9 Å². The average molecular weight is 324 g/mol. The molecule has 0 saturated heterocycles. The smallest absolute Gasteiger partial charge is 0.270 e. The van der Waals surface area contributed by atoms with Crippen LogP contribution in [0.3, 0.4) is 0 Å². The monoisotopic (exact) mass is 323 g/mol. The summed E-state index contributed by atoms with van der Waals surface area (Å²) in [5, 5.41) is 22.3. The number of anilines is 1. The summed E-state index contributed by atoms with van der Waals surface area (Å²) in [6, 6.07) is 6.12. The van der Waals surface area contributed by atoms with Crippen molar-refractivity contribution in [3.63, 3.8) is 0 Å². The summed E-state index contributed by atoms with van der Waals surface area (Å²) >= 11 is 3.17. The van der Waals surface area contributed by atoms with Gasteiger partial charge in [-0.05, 0) is 41.3 Å². The Morgan fingerprint density at radius 2 is 2.21 bits per heavy atom. The highest BCUT2D eigenvalue weighted by molar-refractivity contribution is 9.10. The third kappa shape index (κ3) is 2.44. The number of carbonyl (C=O) groups excluding carboxylic acids is 1. The Labute approximate surface area is 117 Å². The number of hydrogen-bond donors (Lipinski definition) is 1. The lowest BCUT2D eigenvalue weighted by Crippen LogP contribution is -2.40. The van der Waals surface area contributed by atoms with Crippen LogP contribution in [0.25, 0.3) is 0 Å². The van der Waals surface area contributed by atoms with Crippen molar-refractivity contribution in [3.8, 4) is 6.07 Å². The van der Waals surface area contributed by atoms with E-state index >= 15 is 0 Å². The maximum Gasteiger partial charge on any atom is 0.270 e. The van der Waals surface area contributed by atoms with Crippen LogP contribution in [0.4, 0.5) is 11.4 Å². The summed E-state index contributed by atoms with van der Waals surface area (Å²) in [6.45, 7) is 0. The Kier molecular flexibility index (Phi) is 3.53. The van der Waals surface area contributed by atoms with E-state index in [0.29, 0.717) is 23.0 Å². The molecule has 0 atom stereocenters. The molecule has 0 radical (unpaired) electrons. The van der Waals surface area contributed by atoms with E-state index in [0.717, 1.165) is 6.42 Å². The van der Waals surface area contributed by atoms with Crippen LogP contribution in [0, 0.1) is 26.9 Å². The highest BCUT2D eigenvalue weighted by Gasteiger charge is 2.44. The van der Waals surface area contributed by atoms with Gasteiger partial charge in [-0.25, -0.2) is 0 Å². The van der Waals surface area contributed by atoms with Gasteiger partial charge in [-0.3, -0.25) is 14.9 Å². The Morgan fingerprint density at radius 3 is 2.63 bits per heavy atom. The van der Waals surface area contributed by atoms with Crippen LogP contribution in [0.15, 0.2) is 22.7 Å². The molecule has 6 nitrogen and oxygen atoms in total. The molecule has 0 aliphatic heterocycles. The van der Waals surface area contributed by atoms with Crippen LogP contribution in [0.2, 0.25) is 0 Å². The van der Waals surface area contributed by atoms with Gasteiger partial charge in [0, 0.05) is 16.6 Å². The van der Waals surface area contributed by atoms with Crippen LogP contribution in [-0.2, 0) is 4.79 Å². The van der Waals surface area contributed by atoms with Gasteiger partial charge in [-0.2, -0.15) is 5.26 Å². The number of nitro groups is 1. The molecule has 1 fully saturated rings. The number of non-ortho nitro benzene ring substituents is 1. The number of benzene rings is 1. The van der Waals surface area contributed by atoms with Crippen molar-refractivity contribution in [2.45, 2.75) is 19.3 Å². The van der Waals surface area contributed by atoms with E-state index in [-0.39, 0.29) is 11.6 Å². The number of rotatable bonds is 3. The van der Waals surface area contributed by atoms with Crippen molar-refractivity contribution in [2.75, 3.05) is 5.32 Å². The zero-order chi connectivity index (χ0) is 14.0. The highest BCUT2D eigenvalue weighted by Crippen LogP contribution is 2.41. The van der Waals surface area contributed by atoms with Crippen molar-refractivity contribution in [1.29, 1.82) is 5.26 Å². The fourth-order valence-electron chi connectivity index (χ4n) is 1.88. The molecule has 0 bridgehead atoms.